The van der Waals surface area contributed by atoms with Crippen molar-refractivity contribution in [1.29, 1.82) is 0 Å². The molecule has 2 rings (SSSR count). The van der Waals surface area contributed by atoms with Crippen molar-refractivity contribution in [3.05, 3.63) is 47.5 Å². The number of primary amides is 1. The molecule has 2 aromatic rings. The topological polar surface area (TPSA) is 43.1 Å². The molecule has 2 nitrogen and oxygen atoms in total. The number of hydrogen-bond donors (Lipinski definition) is 1. The van der Waals surface area contributed by atoms with Crippen LogP contribution < -0.4 is 5.73 Å². The summed E-state index contributed by atoms with van der Waals surface area (Å²) in [7, 11) is 0. The molecule has 16 heavy (non-hydrogen) atoms. The van der Waals surface area contributed by atoms with Crippen LogP contribution in [0.5, 0.6) is 0 Å². The van der Waals surface area contributed by atoms with Crippen LogP contribution in [0.25, 0.3) is 10.8 Å². The van der Waals surface area contributed by atoms with Crippen LogP contribution in [0.1, 0.15) is 29.3 Å². The summed E-state index contributed by atoms with van der Waals surface area (Å²) in [4.78, 5) is 11.0. The minimum absolute atomic E-state index is 0.375. The Balaban J connectivity index is 2.48. The molecule has 0 aliphatic heterocycles. The molecule has 0 spiro atoms. The molecule has 0 saturated carbocycles. The van der Waals surface area contributed by atoms with Crippen LogP contribution in [0.15, 0.2) is 36.4 Å². The van der Waals surface area contributed by atoms with Crippen molar-refractivity contribution in [2.24, 2.45) is 5.73 Å². The Bertz CT molecular complexity index is 531. The molecule has 0 aliphatic carbocycles. The largest absolute Gasteiger partial charge is 0.366 e. The molecule has 0 unspecified atom stereocenters. The third-order valence-electron chi connectivity index (χ3n) is 2.73. The minimum Gasteiger partial charge on any atom is -0.366 e. The van der Waals surface area contributed by atoms with Gasteiger partial charge in [0, 0.05) is 5.56 Å². The highest BCUT2D eigenvalue weighted by Gasteiger charge is 2.02. The third kappa shape index (κ3) is 2.06. The molecule has 82 valence electrons. The maximum Gasteiger partial charge on any atom is 0.248 e. The zero-order chi connectivity index (χ0) is 11.5. The first-order valence-electron chi connectivity index (χ1n) is 5.53. The summed E-state index contributed by atoms with van der Waals surface area (Å²) in [6.45, 7) is 2.17. The quantitative estimate of drug-likeness (QED) is 0.837. The Morgan fingerprint density at radius 3 is 2.50 bits per heavy atom. The molecule has 2 aromatic carbocycles. The summed E-state index contributed by atoms with van der Waals surface area (Å²) in [5.41, 5.74) is 7.14. The normalized spacial score (nSPS) is 10.6. The lowest BCUT2D eigenvalue weighted by atomic mass is 10.0. The average molecular weight is 213 g/mol. The van der Waals surface area contributed by atoms with Gasteiger partial charge in [-0.3, -0.25) is 4.79 Å². The van der Waals surface area contributed by atoms with E-state index in [2.05, 4.69) is 19.1 Å². The first kappa shape index (κ1) is 10.7. The van der Waals surface area contributed by atoms with E-state index in [9.17, 15) is 4.79 Å². The molecule has 2 heteroatoms. The number of rotatable bonds is 3. The zero-order valence-corrected chi connectivity index (χ0v) is 9.36. The summed E-state index contributed by atoms with van der Waals surface area (Å²) in [6.07, 6.45) is 2.23. The highest BCUT2D eigenvalue weighted by atomic mass is 16.1. The van der Waals surface area contributed by atoms with Crippen LogP contribution in [-0.4, -0.2) is 5.91 Å². The van der Waals surface area contributed by atoms with E-state index in [0.717, 1.165) is 23.6 Å². The van der Waals surface area contributed by atoms with Crippen LogP contribution in [0, 0.1) is 0 Å². The summed E-state index contributed by atoms with van der Waals surface area (Å²) in [6, 6.07) is 11.9. The van der Waals surface area contributed by atoms with Crippen LogP contribution >= 0.6 is 0 Å². The molecule has 0 aromatic heterocycles. The lowest BCUT2D eigenvalue weighted by molar-refractivity contribution is 0.100. The fourth-order valence-electron chi connectivity index (χ4n) is 1.89. The molecule has 0 heterocycles. The molecule has 0 atom stereocenters. The van der Waals surface area contributed by atoms with Crippen molar-refractivity contribution in [3.63, 3.8) is 0 Å². The van der Waals surface area contributed by atoms with Gasteiger partial charge in [-0.15, -0.1) is 0 Å². The van der Waals surface area contributed by atoms with Gasteiger partial charge in [0.15, 0.2) is 0 Å². The van der Waals surface area contributed by atoms with E-state index in [1.807, 2.05) is 18.2 Å². The predicted octanol–water partition coefficient (Wildman–Crippen LogP) is 2.89. The maximum atomic E-state index is 11.0. The summed E-state index contributed by atoms with van der Waals surface area (Å²) < 4.78 is 0. The number of hydrogen-bond acceptors (Lipinski definition) is 1. The van der Waals surface area contributed by atoms with E-state index in [1.54, 1.807) is 6.07 Å². The maximum absolute atomic E-state index is 11.0. The van der Waals surface area contributed by atoms with Crippen molar-refractivity contribution < 1.29 is 4.79 Å². The number of carbonyl (C=O) groups excluding carboxylic acids is 1. The molecule has 0 aliphatic rings. The van der Waals surface area contributed by atoms with E-state index in [-0.39, 0.29) is 5.91 Å². The van der Waals surface area contributed by atoms with Crippen LogP contribution in [0.3, 0.4) is 0 Å². The van der Waals surface area contributed by atoms with E-state index in [1.165, 1.54) is 5.56 Å². The van der Waals surface area contributed by atoms with Gasteiger partial charge in [-0.05, 0) is 34.9 Å². The lowest BCUT2D eigenvalue weighted by Gasteiger charge is -2.03. The predicted molar refractivity (Wildman–Crippen MR) is 66.5 cm³/mol. The van der Waals surface area contributed by atoms with Gasteiger partial charge < -0.3 is 5.73 Å². The molecule has 0 radical (unpaired) electrons. The summed E-state index contributed by atoms with van der Waals surface area (Å²) in [5.74, 6) is -0.375. The zero-order valence-electron chi connectivity index (χ0n) is 9.36. The van der Waals surface area contributed by atoms with Gasteiger partial charge in [-0.2, -0.15) is 0 Å². The van der Waals surface area contributed by atoms with Gasteiger partial charge in [-0.25, -0.2) is 0 Å². The van der Waals surface area contributed by atoms with Gasteiger partial charge in [0.1, 0.15) is 0 Å². The third-order valence-corrected chi connectivity index (χ3v) is 2.73. The molecule has 0 saturated heterocycles. The van der Waals surface area contributed by atoms with E-state index < -0.39 is 0 Å². The fraction of sp³-hybridized carbons (Fsp3) is 0.214. The SMILES string of the molecule is CCCc1ccc2cc(C(N)=O)ccc2c1. The van der Waals surface area contributed by atoms with Gasteiger partial charge in [0.05, 0.1) is 0 Å². The van der Waals surface area contributed by atoms with Gasteiger partial charge >= 0.3 is 0 Å². The van der Waals surface area contributed by atoms with Crippen LogP contribution in [0.4, 0.5) is 0 Å². The average Bonchev–Trinajstić information content (AvgIpc) is 2.28. The van der Waals surface area contributed by atoms with Crippen molar-refractivity contribution in [3.8, 4) is 0 Å². The Morgan fingerprint density at radius 1 is 1.12 bits per heavy atom. The molecule has 1 amide bonds. The number of nitrogens with two attached hydrogens (primary N) is 1. The smallest absolute Gasteiger partial charge is 0.248 e. The molecule has 2 N–H and O–H groups in total. The van der Waals surface area contributed by atoms with Crippen LogP contribution in [-0.2, 0) is 6.42 Å². The monoisotopic (exact) mass is 213 g/mol. The van der Waals surface area contributed by atoms with Crippen molar-refractivity contribution in [2.75, 3.05) is 0 Å². The lowest BCUT2D eigenvalue weighted by Crippen LogP contribution is -2.10. The number of aryl methyl sites for hydroxylation is 1. The van der Waals surface area contributed by atoms with Gasteiger partial charge in [0.2, 0.25) is 5.91 Å². The van der Waals surface area contributed by atoms with Gasteiger partial charge in [0.25, 0.3) is 0 Å². The molecule has 0 fully saturated rings. The number of benzene rings is 2. The second kappa shape index (κ2) is 4.35. The number of carbonyl (C=O) groups is 1. The standard InChI is InChI=1S/C14H15NO/c1-2-3-10-4-5-12-9-13(14(15)16)7-6-11(12)8-10/h4-9H,2-3H2,1H3,(H2,15,16). The number of fused-ring (bicyclic) bond motifs is 1. The van der Waals surface area contributed by atoms with E-state index in [4.69, 9.17) is 5.73 Å². The summed E-state index contributed by atoms with van der Waals surface area (Å²) in [5, 5.41) is 2.23. The van der Waals surface area contributed by atoms with Crippen molar-refractivity contribution in [1.82, 2.24) is 0 Å². The highest BCUT2D eigenvalue weighted by molar-refractivity contribution is 5.97. The Labute approximate surface area is 95.1 Å². The van der Waals surface area contributed by atoms with Crippen molar-refractivity contribution in [2.45, 2.75) is 19.8 Å². The van der Waals surface area contributed by atoms with Crippen molar-refractivity contribution >= 4 is 16.7 Å². The Kier molecular flexibility index (Phi) is 2.91. The first-order valence-corrected chi connectivity index (χ1v) is 5.53. The first-order chi connectivity index (χ1) is 7.70. The fourth-order valence-corrected chi connectivity index (χ4v) is 1.89. The van der Waals surface area contributed by atoms with Gasteiger partial charge in [-0.1, -0.05) is 37.6 Å². The highest BCUT2D eigenvalue weighted by Crippen LogP contribution is 2.18. The van der Waals surface area contributed by atoms with E-state index >= 15 is 0 Å². The van der Waals surface area contributed by atoms with Crippen LogP contribution in [0.2, 0.25) is 0 Å². The number of amides is 1. The second-order valence-corrected chi connectivity index (χ2v) is 4.01. The Morgan fingerprint density at radius 2 is 1.81 bits per heavy atom. The Hall–Kier alpha value is -1.83. The molecular formula is C14H15NO. The molecule has 0 bridgehead atoms. The summed E-state index contributed by atoms with van der Waals surface area (Å²) >= 11 is 0. The minimum atomic E-state index is -0.375. The van der Waals surface area contributed by atoms with E-state index in [0.29, 0.717) is 5.56 Å². The second-order valence-electron chi connectivity index (χ2n) is 4.01. The molecular weight excluding hydrogens is 198 g/mol.